The van der Waals surface area contributed by atoms with E-state index < -0.39 is 0 Å². The Labute approximate surface area is 134 Å². The van der Waals surface area contributed by atoms with Crippen LogP contribution in [0, 0.1) is 6.92 Å². The summed E-state index contributed by atoms with van der Waals surface area (Å²) in [5.74, 6) is 2.33. The first-order valence-corrected chi connectivity index (χ1v) is 7.82. The fourth-order valence-electron chi connectivity index (χ4n) is 2.34. The van der Waals surface area contributed by atoms with Gasteiger partial charge >= 0.3 is 0 Å². The lowest BCUT2D eigenvalue weighted by Crippen LogP contribution is -1.87. The van der Waals surface area contributed by atoms with Crippen molar-refractivity contribution in [3.05, 3.63) is 47.1 Å². The van der Waals surface area contributed by atoms with E-state index in [9.17, 15) is 0 Å². The molecule has 0 unspecified atom stereocenters. The molecule has 0 aliphatic carbocycles. The lowest BCUT2D eigenvalue weighted by molar-refractivity contribution is 0.508. The van der Waals surface area contributed by atoms with Crippen molar-refractivity contribution in [3.8, 4) is 22.8 Å². The molecular formula is C17H18ClN3O. The van der Waals surface area contributed by atoms with Crippen LogP contribution in [0.5, 0.6) is 0 Å². The predicted octanol–water partition coefficient (Wildman–Crippen LogP) is 5.04. The number of hydrogen-bond donors (Lipinski definition) is 1. The highest BCUT2D eigenvalue weighted by atomic mass is 35.5. The van der Waals surface area contributed by atoms with E-state index >= 15 is 0 Å². The van der Waals surface area contributed by atoms with Gasteiger partial charge in [0.05, 0.1) is 6.20 Å². The number of hydrogen-bond acceptors (Lipinski definition) is 3. The van der Waals surface area contributed by atoms with Crippen molar-refractivity contribution in [2.75, 3.05) is 0 Å². The van der Waals surface area contributed by atoms with Crippen molar-refractivity contribution in [1.29, 1.82) is 0 Å². The fourth-order valence-corrected chi connectivity index (χ4v) is 2.46. The number of oxazole rings is 1. The minimum absolute atomic E-state index is 0.580. The van der Waals surface area contributed by atoms with Crippen molar-refractivity contribution in [2.24, 2.45) is 0 Å². The Morgan fingerprint density at radius 2 is 2.00 bits per heavy atom. The Kier molecular flexibility index (Phi) is 4.29. The van der Waals surface area contributed by atoms with E-state index in [1.165, 1.54) is 0 Å². The molecule has 4 nitrogen and oxygen atoms in total. The highest BCUT2D eigenvalue weighted by molar-refractivity contribution is 6.30. The zero-order valence-electron chi connectivity index (χ0n) is 12.7. The second-order valence-corrected chi connectivity index (χ2v) is 5.72. The first-order chi connectivity index (χ1) is 10.7. The molecule has 22 heavy (non-hydrogen) atoms. The van der Waals surface area contributed by atoms with Crippen LogP contribution in [0.15, 0.2) is 34.9 Å². The maximum absolute atomic E-state index is 5.99. The summed E-state index contributed by atoms with van der Waals surface area (Å²) in [5.41, 5.74) is 2.70. The standard InChI is InChI=1S/C17H18ClN3O/c1-3-4-5-15-16(12-6-8-13(18)9-7-12)21-17(22-15)14-10-19-11(2)20-14/h6-10H,3-5H2,1-2H3,(H,19,20). The summed E-state index contributed by atoms with van der Waals surface area (Å²) in [6, 6.07) is 7.68. The highest BCUT2D eigenvalue weighted by Gasteiger charge is 2.17. The summed E-state index contributed by atoms with van der Waals surface area (Å²) in [5, 5.41) is 0.715. The van der Waals surface area contributed by atoms with Gasteiger partial charge in [0.15, 0.2) is 0 Å². The lowest BCUT2D eigenvalue weighted by Gasteiger charge is -2.00. The topological polar surface area (TPSA) is 54.7 Å². The molecule has 0 bridgehead atoms. The molecule has 0 fully saturated rings. The number of aromatic nitrogens is 3. The lowest BCUT2D eigenvalue weighted by atomic mass is 10.1. The van der Waals surface area contributed by atoms with Crippen LogP contribution in [0.1, 0.15) is 31.4 Å². The molecule has 0 saturated heterocycles. The largest absolute Gasteiger partial charge is 0.439 e. The van der Waals surface area contributed by atoms with Gasteiger partial charge in [-0.3, -0.25) is 0 Å². The number of benzene rings is 1. The van der Waals surface area contributed by atoms with Crippen LogP contribution in [0.4, 0.5) is 0 Å². The van der Waals surface area contributed by atoms with Crippen molar-refractivity contribution < 1.29 is 4.42 Å². The summed E-state index contributed by atoms with van der Waals surface area (Å²) in [7, 11) is 0. The van der Waals surface area contributed by atoms with Crippen LogP contribution >= 0.6 is 11.6 Å². The van der Waals surface area contributed by atoms with E-state index in [1.54, 1.807) is 6.20 Å². The van der Waals surface area contributed by atoms with Crippen molar-refractivity contribution in [1.82, 2.24) is 15.0 Å². The summed E-state index contributed by atoms with van der Waals surface area (Å²) in [6.45, 7) is 4.07. The van der Waals surface area contributed by atoms with Gasteiger partial charge in [0.2, 0.25) is 5.89 Å². The molecule has 2 aromatic heterocycles. The Bertz CT molecular complexity index is 759. The minimum atomic E-state index is 0.580. The van der Waals surface area contributed by atoms with Gasteiger partial charge in [-0.15, -0.1) is 0 Å². The van der Waals surface area contributed by atoms with Gasteiger partial charge in [-0.05, 0) is 25.5 Å². The Morgan fingerprint density at radius 1 is 1.23 bits per heavy atom. The van der Waals surface area contributed by atoms with Crippen LogP contribution in [-0.2, 0) is 6.42 Å². The number of aromatic amines is 1. The first-order valence-electron chi connectivity index (χ1n) is 7.45. The molecule has 2 heterocycles. The summed E-state index contributed by atoms with van der Waals surface area (Å²) >= 11 is 5.97. The van der Waals surface area contributed by atoms with E-state index in [0.29, 0.717) is 10.9 Å². The molecule has 0 spiro atoms. The number of nitrogens with zero attached hydrogens (tertiary/aromatic N) is 2. The Balaban J connectivity index is 2.02. The fraction of sp³-hybridized carbons (Fsp3) is 0.294. The number of halogens is 1. The molecule has 0 aliphatic heterocycles. The molecule has 3 aromatic rings. The third-order valence-electron chi connectivity index (χ3n) is 3.51. The van der Waals surface area contributed by atoms with E-state index in [4.69, 9.17) is 16.0 Å². The molecule has 5 heteroatoms. The number of H-pyrrole nitrogens is 1. The molecule has 0 aliphatic rings. The summed E-state index contributed by atoms with van der Waals surface area (Å²) < 4.78 is 5.99. The minimum Gasteiger partial charge on any atom is -0.439 e. The van der Waals surface area contributed by atoms with Gasteiger partial charge in [-0.2, -0.15) is 0 Å². The molecular weight excluding hydrogens is 298 g/mol. The highest BCUT2D eigenvalue weighted by Crippen LogP contribution is 2.30. The van der Waals surface area contributed by atoms with Gasteiger partial charge in [0.25, 0.3) is 0 Å². The smallest absolute Gasteiger partial charge is 0.245 e. The zero-order valence-corrected chi connectivity index (χ0v) is 13.4. The average Bonchev–Trinajstić information content (AvgIpc) is 3.12. The molecule has 0 atom stereocenters. The monoisotopic (exact) mass is 315 g/mol. The summed E-state index contributed by atoms with van der Waals surface area (Å²) in [4.78, 5) is 12.0. The summed E-state index contributed by atoms with van der Waals surface area (Å²) in [6.07, 6.45) is 4.79. The zero-order chi connectivity index (χ0) is 15.5. The first kappa shape index (κ1) is 14.9. The van der Waals surface area contributed by atoms with Crippen molar-refractivity contribution in [2.45, 2.75) is 33.1 Å². The van der Waals surface area contributed by atoms with Crippen molar-refractivity contribution in [3.63, 3.8) is 0 Å². The molecule has 0 amide bonds. The van der Waals surface area contributed by atoms with Crippen LogP contribution in [0.3, 0.4) is 0 Å². The number of aryl methyl sites for hydroxylation is 2. The van der Waals surface area contributed by atoms with Gasteiger partial charge in [0, 0.05) is 17.0 Å². The quantitative estimate of drug-likeness (QED) is 0.718. The van der Waals surface area contributed by atoms with Crippen LogP contribution in [0.25, 0.3) is 22.8 Å². The average molecular weight is 316 g/mol. The SMILES string of the molecule is CCCCc1oc(-c2cnc(C)[nH]2)nc1-c1ccc(Cl)cc1. The van der Waals surface area contributed by atoms with E-state index in [-0.39, 0.29) is 0 Å². The van der Waals surface area contributed by atoms with Gasteiger partial charge < -0.3 is 9.40 Å². The predicted molar refractivity (Wildman–Crippen MR) is 87.9 cm³/mol. The second kappa shape index (κ2) is 6.36. The van der Waals surface area contributed by atoms with E-state index in [0.717, 1.165) is 47.8 Å². The van der Waals surface area contributed by atoms with E-state index in [1.807, 2.05) is 31.2 Å². The van der Waals surface area contributed by atoms with Crippen LogP contribution in [-0.4, -0.2) is 15.0 Å². The molecule has 0 saturated carbocycles. The second-order valence-electron chi connectivity index (χ2n) is 5.28. The normalized spacial score (nSPS) is 11.0. The molecule has 1 aromatic carbocycles. The number of imidazole rings is 1. The van der Waals surface area contributed by atoms with Gasteiger partial charge in [-0.25, -0.2) is 9.97 Å². The Hall–Kier alpha value is -2.07. The van der Waals surface area contributed by atoms with Gasteiger partial charge in [-0.1, -0.05) is 37.1 Å². The van der Waals surface area contributed by atoms with Gasteiger partial charge in [0.1, 0.15) is 23.0 Å². The number of rotatable bonds is 5. The van der Waals surface area contributed by atoms with Crippen LogP contribution in [0.2, 0.25) is 5.02 Å². The molecule has 3 rings (SSSR count). The molecule has 114 valence electrons. The number of unbranched alkanes of at least 4 members (excludes halogenated alkanes) is 1. The van der Waals surface area contributed by atoms with E-state index in [2.05, 4.69) is 21.9 Å². The maximum atomic E-state index is 5.99. The Morgan fingerprint density at radius 3 is 2.64 bits per heavy atom. The maximum Gasteiger partial charge on any atom is 0.245 e. The molecule has 1 N–H and O–H groups in total. The third kappa shape index (κ3) is 3.07. The third-order valence-corrected chi connectivity index (χ3v) is 3.76. The molecule has 0 radical (unpaired) electrons. The van der Waals surface area contributed by atoms with Crippen molar-refractivity contribution >= 4 is 11.6 Å². The van der Waals surface area contributed by atoms with Crippen LogP contribution < -0.4 is 0 Å². The number of nitrogens with one attached hydrogen (secondary N) is 1.